The van der Waals surface area contributed by atoms with E-state index in [0.717, 1.165) is 11.3 Å². The molecule has 0 atom stereocenters. The average molecular weight is 343 g/mol. The third kappa shape index (κ3) is 3.08. The molecule has 1 aromatic carbocycles. The number of nitrogens with zero attached hydrogens (tertiary/aromatic N) is 4. The summed E-state index contributed by atoms with van der Waals surface area (Å²) in [6, 6.07) is 6.33. The largest absolute Gasteiger partial charge is 0.484 e. The standard InChI is InChI=1S/C12H8F3N5O2S/c13-12(14,15)10-17-18-11-20(10)19-9(23-11)6-1-3-7(4-2-6)22-5-8(16)21/h1-4H,5H2,(H2,16,21). The van der Waals surface area contributed by atoms with Gasteiger partial charge in [0.25, 0.3) is 11.7 Å². The Morgan fingerprint density at radius 3 is 2.57 bits per heavy atom. The van der Waals surface area contributed by atoms with E-state index in [4.69, 9.17) is 10.5 Å². The average Bonchev–Trinajstić information content (AvgIpc) is 3.04. The van der Waals surface area contributed by atoms with E-state index in [0.29, 0.717) is 20.8 Å². The number of halogens is 3. The van der Waals surface area contributed by atoms with Gasteiger partial charge in [-0.05, 0) is 24.3 Å². The fourth-order valence-corrected chi connectivity index (χ4v) is 2.60. The number of alkyl halides is 3. The Kier molecular flexibility index (Phi) is 3.64. The lowest BCUT2D eigenvalue weighted by Gasteiger charge is -2.03. The number of rotatable bonds is 4. The van der Waals surface area contributed by atoms with Gasteiger partial charge in [-0.25, -0.2) is 0 Å². The van der Waals surface area contributed by atoms with Crippen LogP contribution in [-0.4, -0.2) is 32.3 Å². The van der Waals surface area contributed by atoms with E-state index in [1.54, 1.807) is 24.3 Å². The number of carbonyl (C=O) groups excluding carboxylic acids is 1. The topological polar surface area (TPSA) is 95.4 Å². The van der Waals surface area contributed by atoms with Gasteiger partial charge in [-0.1, -0.05) is 11.3 Å². The molecule has 0 fully saturated rings. The number of ether oxygens (including phenoxy) is 1. The van der Waals surface area contributed by atoms with Crippen molar-refractivity contribution in [2.24, 2.45) is 5.73 Å². The van der Waals surface area contributed by atoms with Gasteiger partial charge in [0.05, 0.1) is 0 Å². The molecule has 0 radical (unpaired) electrons. The van der Waals surface area contributed by atoms with Crippen molar-refractivity contribution in [3.05, 3.63) is 30.1 Å². The third-order valence-electron chi connectivity index (χ3n) is 2.73. The molecule has 120 valence electrons. The number of fused-ring (bicyclic) bond motifs is 1. The molecule has 0 saturated carbocycles. The first-order chi connectivity index (χ1) is 10.8. The highest BCUT2D eigenvalue weighted by atomic mass is 32.1. The Bertz CT molecular complexity index is 856. The summed E-state index contributed by atoms with van der Waals surface area (Å²) in [6.45, 7) is -0.259. The van der Waals surface area contributed by atoms with Crippen molar-refractivity contribution < 1.29 is 22.7 Å². The van der Waals surface area contributed by atoms with Gasteiger partial charge in [-0.3, -0.25) is 4.79 Å². The van der Waals surface area contributed by atoms with Gasteiger partial charge >= 0.3 is 6.18 Å². The van der Waals surface area contributed by atoms with Gasteiger partial charge in [-0.2, -0.15) is 22.8 Å². The molecule has 0 spiro atoms. The van der Waals surface area contributed by atoms with Crippen molar-refractivity contribution in [1.82, 2.24) is 19.8 Å². The molecular weight excluding hydrogens is 335 g/mol. The zero-order valence-corrected chi connectivity index (χ0v) is 12.1. The summed E-state index contributed by atoms with van der Waals surface area (Å²) in [4.78, 5) is 10.7. The van der Waals surface area contributed by atoms with E-state index < -0.39 is 17.9 Å². The molecule has 2 aromatic heterocycles. The quantitative estimate of drug-likeness (QED) is 0.778. The molecule has 3 aromatic rings. The second kappa shape index (κ2) is 5.50. The number of nitrogens with two attached hydrogens (primary N) is 1. The van der Waals surface area contributed by atoms with Crippen molar-refractivity contribution in [3.63, 3.8) is 0 Å². The van der Waals surface area contributed by atoms with E-state index in [-0.39, 0.29) is 11.6 Å². The van der Waals surface area contributed by atoms with Crippen LogP contribution in [0, 0.1) is 0 Å². The fraction of sp³-hybridized carbons (Fsp3) is 0.167. The minimum atomic E-state index is -4.63. The Hall–Kier alpha value is -2.69. The van der Waals surface area contributed by atoms with Crippen LogP contribution in [0.15, 0.2) is 24.3 Å². The Labute approximate surface area is 130 Å². The van der Waals surface area contributed by atoms with Crippen LogP contribution < -0.4 is 10.5 Å². The van der Waals surface area contributed by atoms with E-state index in [9.17, 15) is 18.0 Å². The second-order valence-corrected chi connectivity index (χ2v) is 5.36. The molecule has 23 heavy (non-hydrogen) atoms. The molecular formula is C12H8F3N5O2S. The summed E-state index contributed by atoms with van der Waals surface area (Å²) in [7, 11) is 0. The number of aromatic nitrogens is 4. The Morgan fingerprint density at radius 1 is 1.26 bits per heavy atom. The van der Waals surface area contributed by atoms with Crippen LogP contribution in [0.25, 0.3) is 15.5 Å². The molecule has 1 amide bonds. The Balaban J connectivity index is 1.88. The van der Waals surface area contributed by atoms with Crippen molar-refractivity contribution >= 4 is 22.2 Å². The van der Waals surface area contributed by atoms with Gasteiger partial charge in [0.2, 0.25) is 4.96 Å². The summed E-state index contributed by atoms with van der Waals surface area (Å²) in [5.74, 6) is -1.37. The zero-order chi connectivity index (χ0) is 16.6. The summed E-state index contributed by atoms with van der Waals surface area (Å²) in [6.07, 6.45) is -4.63. The fourth-order valence-electron chi connectivity index (χ4n) is 1.76. The van der Waals surface area contributed by atoms with E-state index in [1.807, 2.05) is 0 Å². The number of benzene rings is 1. The van der Waals surface area contributed by atoms with Gasteiger partial charge in [0, 0.05) is 5.56 Å². The molecule has 2 N–H and O–H groups in total. The lowest BCUT2D eigenvalue weighted by atomic mass is 10.2. The van der Waals surface area contributed by atoms with E-state index in [1.165, 1.54) is 0 Å². The highest BCUT2D eigenvalue weighted by Gasteiger charge is 2.38. The van der Waals surface area contributed by atoms with Crippen LogP contribution in [0.5, 0.6) is 5.75 Å². The summed E-state index contributed by atoms with van der Waals surface area (Å²) >= 11 is 0.975. The highest BCUT2D eigenvalue weighted by molar-refractivity contribution is 7.19. The predicted octanol–water partition coefficient (Wildman–Crippen LogP) is 1.74. The van der Waals surface area contributed by atoms with Crippen LogP contribution in [0.3, 0.4) is 0 Å². The second-order valence-electron chi connectivity index (χ2n) is 4.40. The zero-order valence-electron chi connectivity index (χ0n) is 11.2. The van der Waals surface area contributed by atoms with Crippen molar-refractivity contribution in [2.75, 3.05) is 6.61 Å². The summed E-state index contributed by atoms with van der Waals surface area (Å²) < 4.78 is 44.0. The van der Waals surface area contributed by atoms with Crippen LogP contribution >= 0.6 is 11.3 Å². The number of primary amides is 1. The molecule has 0 aliphatic heterocycles. The SMILES string of the molecule is NC(=O)COc1ccc(-c2nn3c(C(F)(F)F)nnc3s2)cc1. The van der Waals surface area contributed by atoms with Gasteiger partial charge in [0.1, 0.15) is 10.8 Å². The first-order valence-corrected chi connectivity index (χ1v) is 6.97. The van der Waals surface area contributed by atoms with Crippen LogP contribution in [0.1, 0.15) is 5.82 Å². The van der Waals surface area contributed by atoms with Crippen LogP contribution in [0.4, 0.5) is 13.2 Å². The van der Waals surface area contributed by atoms with Crippen molar-refractivity contribution in [2.45, 2.75) is 6.18 Å². The molecule has 2 heterocycles. The van der Waals surface area contributed by atoms with Crippen LogP contribution in [-0.2, 0) is 11.0 Å². The third-order valence-corrected chi connectivity index (χ3v) is 3.67. The van der Waals surface area contributed by atoms with E-state index in [2.05, 4.69) is 15.3 Å². The molecule has 0 aliphatic rings. The number of hydrogen-bond acceptors (Lipinski definition) is 6. The Morgan fingerprint density at radius 2 is 1.96 bits per heavy atom. The number of hydrogen-bond donors (Lipinski definition) is 1. The molecule has 0 unspecified atom stereocenters. The minimum Gasteiger partial charge on any atom is -0.484 e. The molecule has 3 rings (SSSR count). The summed E-state index contributed by atoms with van der Waals surface area (Å²) in [5, 5.41) is 10.8. The summed E-state index contributed by atoms with van der Waals surface area (Å²) in [5.41, 5.74) is 5.55. The molecule has 0 bridgehead atoms. The maximum Gasteiger partial charge on any atom is 0.453 e. The smallest absolute Gasteiger partial charge is 0.453 e. The van der Waals surface area contributed by atoms with Crippen molar-refractivity contribution in [3.8, 4) is 16.3 Å². The van der Waals surface area contributed by atoms with Gasteiger partial charge < -0.3 is 10.5 Å². The minimum absolute atomic E-state index is 0.0429. The first-order valence-electron chi connectivity index (χ1n) is 6.15. The first kappa shape index (κ1) is 15.2. The maximum absolute atomic E-state index is 12.8. The highest BCUT2D eigenvalue weighted by Crippen LogP contribution is 2.32. The van der Waals surface area contributed by atoms with Gasteiger partial charge in [0.15, 0.2) is 6.61 Å². The van der Waals surface area contributed by atoms with Gasteiger partial charge in [-0.15, -0.1) is 10.2 Å². The predicted molar refractivity (Wildman–Crippen MR) is 73.8 cm³/mol. The molecule has 0 aliphatic carbocycles. The lowest BCUT2D eigenvalue weighted by Crippen LogP contribution is -2.19. The normalized spacial score (nSPS) is 11.8. The molecule has 0 saturated heterocycles. The number of carbonyl (C=O) groups is 1. The van der Waals surface area contributed by atoms with E-state index >= 15 is 0 Å². The number of amides is 1. The lowest BCUT2D eigenvalue weighted by molar-refractivity contribution is -0.146. The molecule has 11 heteroatoms. The maximum atomic E-state index is 12.8. The molecule has 7 nitrogen and oxygen atoms in total. The van der Waals surface area contributed by atoms with Crippen molar-refractivity contribution in [1.29, 1.82) is 0 Å². The van der Waals surface area contributed by atoms with Crippen LogP contribution in [0.2, 0.25) is 0 Å². The monoisotopic (exact) mass is 343 g/mol.